The summed E-state index contributed by atoms with van der Waals surface area (Å²) in [6.45, 7) is 1.27. The van der Waals surface area contributed by atoms with Crippen molar-refractivity contribution >= 4 is 56.9 Å². The highest BCUT2D eigenvalue weighted by molar-refractivity contribution is 8.25. The lowest BCUT2D eigenvalue weighted by molar-refractivity contribution is 0.119. The van der Waals surface area contributed by atoms with E-state index in [-0.39, 0.29) is 0 Å². The van der Waals surface area contributed by atoms with Crippen LogP contribution >= 0.6 is 12.1 Å². The average molecular weight is 609 g/mol. The number of hydrogen-bond donors (Lipinski definition) is 0. The van der Waals surface area contributed by atoms with E-state index in [4.69, 9.17) is 28.4 Å². The Hall–Kier alpha value is -2.90. The van der Waals surface area contributed by atoms with Crippen LogP contribution in [0.5, 0.6) is 0 Å². The first-order valence-electron chi connectivity index (χ1n) is 13.9. The Labute approximate surface area is 255 Å². The van der Waals surface area contributed by atoms with Gasteiger partial charge in [0, 0.05) is 18.7 Å². The summed E-state index contributed by atoms with van der Waals surface area (Å²) in [5.74, 6) is 2.42. The summed E-state index contributed by atoms with van der Waals surface area (Å²) in [6.07, 6.45) is 1.70. The molecule has 5 rings (SSSR count). The molecule has 0 unspecified atom stereocenters. The lowest BCUT2D eigenvalue weighted by Crippen LogP contribution is -2.19. The molecule has 0 radical (unpaired) electrons. The van der Waals surface area contributed by atoms with Crippen LogP contribution in [0.1, 0.15) is 18.4 Å². The highest BCUT2D eigenvalue weighted by Crippen LogP contribution is 2.59. The van der Waals surface area contributed by atoms with E-state index in [1.54, 1.807) is 0 Å². The number of allylic oxidation sites excluding steroid dienone is 1. The van der Waals surface area contributed by atoms with Gasteiger partial charge in [-0.15, -0.1) is 0 Å². The third-order valence-corrected chi connectivity index (χ3v) is 16.9. The van der Waals surface area contributed by atoms with E-state index in [0.717, 1.165) is 12.8 Å². The zero-order valence-electron chi connectivity index (χ0n) is 23.0. The molecule has 0 saturated carbocycles. The van der Waals surface area contributed by atoms with Gasteiger partial charge in [0.2, 0.25) is 0 Å². The first-order valence-corrected chi connectivity index (χ1v) is 19.5. The summed E-state index contributed by atoms with van der Waals surface area (Å²) in [4.78, 5) is 0. The van der Waals surface area contributed by atoms with Crippen molar-refractivity contribution in [2.24, 2.45) is 0 Å². The second-order valence-electron chi connectivity index (χ2n) is 9.87. The predicted molar refractivity (Wildman–Crippen MR) is 186 cm³/mol. The van der Waals surface area contributed by atoms with Gasteiger partial charge in [0.15, 0.2) is 0 Å². The summed E-state index contributed by atoms with van der Waals surface area (Å²) in [5, 5.41) is 6.02. The predicted octanol–water partition coefficient (Wildman–Crippen LogP) is 8.09. The van der Waals surface area contributed by atoms with Gasteiger partial charge in [0.05, 0.1) is 6.61 Å². The van der Waals surface area contributed by atoms with E-state index >= 15 is 0 Å². The molecule has 5 aromatic carbocycles. The van der Waals surface area contributed by atoms with Gasteiger partial charge in [-0.3, -0.25) is 0 Å². The Morgan fingerprint density at radius 1 is 0.537 bits per heavy atom. The molecule has 206 valence electrons. The molecule has 0 heterocycles. The third kappa shape index (κ3) is 7.12. The molecule has 0 N–H and O–H groups in total. The molecule has 0 fully saturated rings. The molecular formula is C36H34OP2S2. The lowest BCUT2D eigenvalue weighted by atomic mass is 10.2. The van der Waals surface area contributed by atoms with Crippen molar-refractivity contribution in [3.63, 3.8) is 0 Å². The molecule has 41 heavy (non-hydrogen) atoms. The largest absolute Gasteiger partial charge is 0.377 e. The van der Waals surface area contributed by atoms with Gasteiger partial charge in [-0.2, -0.15) is 0 Å². The molecule has 0 aliphatic heterocycles. The fourth-order valence-corrected chi connectivity index (χ4v) is 13.9. The molecule has 0 bridgehead atoms. The van der Waals surface area contributed by atoms with Gasteiger partial charge in [0.25, 0.3) is 0 Å². The average Bonchev–Trinajstić information content (AvgIpc) is 3.05. The van der Waals surface area contributed by atoms with Crippen LogP contribution in [-0.2, 0) is 35.0 Å². The maximum atomic E-state index is 6.85. The van der Waals surface area contributed by atoms with Gasteiger partial charge in [-0.25, -0.2) is 0 Å². The second kappa shape index (κ2) is 14.3. The van der Waals surface area contributed by atoms with Crippen molar-refractivity contribution in [2.75, 3.05) is 6.61 Å². The topological polar surface area (TPSA) is 9.23 Å². The minimum atomic E-state index is -2.38. The quantitative estimate of drug-likeness (QED) is 0.105. The van der Waals surface area contributed by atoms with Crippen LogP contribution in [0.15, 0.2) is 163 Å². The van der Waals surface area contributed by atoms with Crippen molar-refractivity contribution in [2.45, 2.75) is 19.4 Å². The fourth-order valence-electron chi connectivity index (χ4n) is 4.99. The van der Waals surface area contributed by atoms with Crippen molar-refractivity contribution in [1.29, 1.82) is 0 Å². The van der Waals surface area contributed by atoms with Crippen LogP contribution in [0, 0.1) is 0 Å². The van der Waals surface area contributed by atoms with Crippen molar-refractivity contribution in [3.8, 4) is 0 Å². The highest BCUT2D eigenvalue weighted by atomic mass is 32.4. The SMILES string of the molecule is S=P(/C=C(\CCCOCc1ccccc1)P(=S)(c1ccccc1)c1ccccc1)(c1ccccc1)c1ccccc1. The van der Waals surface area contributed by atoms with Crippen LogP contribution in [0.3, 0.4) is 0 Å². The molecular weight excluding hydrogens is 574 g/mol. The summed E-state index contributed by atoms with van der Waals surface area (Å²) in [5.41, 5.74) is 1.19. The van der Waals surface area contributed by atoms with E-state index in [1.807, 2.05) is 6.07 Å². The molecule has 0 spiro atoms. The van der Waals surface area contributed by atoms with E-state index in [1.165, 1.54) is 32.1 Å². The Kier molecular flexibility index (Phi) is 10.3. The molecule has 0 aliphatic carbocycles. The first-order chi connectivity index (χ1) is 20.1. The molecule has 0 saturated heterocycles. The molecule has 5 heteroatoms. The van der Waals surface area contributed by atoms with Gasteiger partial charge in [0.1, 0.15) is 0 Å². The maximum Gasteiger partial charge on any atom is 0.0716 e. The van der Waals surface area contributed by atoms with E-state index in [0.29, 0.717) is 13.2 Å². The van der Waals surface area contributed by atoms with Crippen LogP contribution in [-0.4, -0.2) is 6.61 Å². The Bertz CT molecular complexity index is 1550. The first kappa shape index (κ1) is 29.6. The van der Waals surface area contributed by atoms with Gasteiger partial charge in [-0.05, 0) is 50.8 Å². The van der Waals surface area contributed by atoms with Gasteiger partial charge < -0.3 is 4.74 Å². The third-order valence-electron chi connectivity index (χ3n) is 7.09. The smallest absolute Gasteiger partial charge is 0.0716 e. The zero-order valence-corrected chi connectivity index (χ0v) is 26.4. The second-order valence-corrected chi connectivity index (χ2v) is 18.7. The number of ether oxygens (including phenoxy) is 1. The molecule has 5 aromatic rings. The Morgan fingerprint density at radius 2 is 0.927 bits per heavy atom. The molecule has 0 amide bonds. The number of rotatable bonds is 12. The van der Waals surface area contributed by atoms with Gasteiger partial charge >= 0.3 is 0 Å². The van der Waals surface area contributed by atoms with Crippen molar-refractivity contribution in [3.05, 3.63) is 168 Å². The van der Waals surface area contributed by atoms with E-state index < -0.39 is 12.1 Å². The standard InChI is InChI=1S/C36H34OP2S2/c40-38(32-19-8-2-9-20-32,33-21-10-3-11-22-33)30-36(27-16-28-37-29-31-17-6-1-7-18-31)39(41,34-23-12-4-13-24-34)35-25-14-5-15-26-35/h1-15,17-26,30H,16,27-29H2/b36-30+. The fraction of sp³-hybridized carbons (Fsp3) is 0.111. The maximum absolute atomic E-state index is 6.85. The summed E-state index contributed by atoms with van der Waals surface area (Å²) in [7, 11) is 0. The Balaban J connectivity index is 1.60. The van der Waals surface area contributed by atoms with Crippen LogP contribution in [0.2, 0.25) is 0 Å². The number of benzene rings is 5. The molecule has 0 aromatic heterocycles. The van der Waals surface area contributed by atoms with Crippen LogP contribution < -0.4 is 21.2 Å². The molecule has 1 nitrogen and oxygen atoms in total. The highest BCUT2D eigenvalue weighted by Gasteiger charge is 2.30. The van der Waals surface area contributed by atoms with Crippen LogP contribution in [0.4, 0.5) is 0 Å². The van der Waals surface area contributed by atoms with Crippen LogP contribution in [0.25, 0.3) is 0 Å². The normalized spacial score (nSPS) is 12.2. The minimum Gasteiger partial charge on any atom is -0.377 e. The van der Waals surface area contributed by atoms with E-state index in [9.17, 15) is 0 Å². The van der Waals surface area contributed by atoms with Crippen molar-refractivity contribution in [1.82, 2.24) is 0 Å². The monoisotopic (exact) mass is 608 g/mol. The summed E-state index contributed by atoms with van der Waals surface area (Å²) >= 11 is 13.6. The minimum absolute atomic E-state index is 0.609. The molecule has 0 atom stereocenters. The molecule has 0 aliphatic rings. The number of hydrogen-bond acceptors (Lipinski definition) is 3. The summed E-state index contributed by atoms with van der Waals surface area (Å²) in [6, 6.07) is 48.2. The van der Waals surface area contributed by atoms with Crippen molar-refractivity contribution < 1.29 is 4.74 Å². The summed E-state index contributed by atoms with van der Waals surface area (Å²) < 4.78 is 6.13. The lowest BCUT2D eigenvalue weighted by Gasteiger charge is -2.30. The zero-order chi connectivity index (χ0) is 28.4. The van der Waals surface area contributed by atoms with Gasteiger partial charge in [-0.1, -0.05) is 175 Å². The van der Waals surface area contributed by atoms with E-state index in [2.05, 4.69) is 151 Å². The Morgan fingerprint density at radius 3 is 1.37 bits per heavy atom.